The van der Waals surface area contributed by atoms with E-state index in [9.17, 15) is 4.79 Å². The molecule has 1 amide bonds. The number of nitrogens with one attached hydrogen (secondary N) is 1. The number of hydrogen-bond acceptors (Lipinski definition) is 2. The number of amides is 1. The van der Waals surface area contributed by atoms with Crippen LogP contribution in [0.1, 0.15) is 59.7 Å². The molecule has 2 aliphatic rings. The number of nitrogens with zero attached hydrogens (tertiary/aromatic N) is 2. The van der Waals surface area contributed by atoms with Crippen molar-refractivity contribution in [1.29, 1.82) is 0 Å². The maximum Gasteiger partial charge on any atom is 0.223 e. The highest BCUT2D eigenvalue weighted by Gasteiger charge is 2.29. The minimum absolute atomic E-state index is 0.114. The molecular weight excluding hydrogens is 454 g/mol. The summed E-state index contributed by atoms with van der Waals surface area (Å²) in [6.07, 6.45) is 5.18. The first-order valence-corrected chi connectivity index (χ1v) is 13.9. The molecule has 4 nitrogen and oxygen atoms in total. The van der Waals surface area contributed by atoms with Gasteiger partial charge >= 0.3 is 0 Å². The van der Waals surface area contributed by atoms with Crippen molar-refractivity contribution in [3.05, 3.63) is 107 Å². The van der Waals surface area contributed by atoms with Gasteiger partial charge in [-0.15, -0.1) is 0 Å². The number of carbonyl (C=O) groups is 1. The molecule has 0 radical (unpaired) electrons. The summed E-state index contributed by atoms with van der Waals surface area (Å²) in [5.74, 6) is 0.359. The van der Waals surface area contributed by atoms with E-state index in [4.69, 9.17) is 0 Å². The minimum atomic E-state index is 0.114. The molecule has 6 rings (SSSR count). The van der Waals surface area contributed by atoms with Crippen molar-refractivity contribution < 1.29 is 4.79 Å². The zero-order valence-corrected chi connectivity index (χ0v) is 21.8. The SMILES string of the molecule is Cc1ccccc1Cn1c(CN2CCC(C(=O)NC3CCCc4ccccc43)CC2)cc2ccccc21. The molecule has 0 bridgehead atoms. The van der Waals surface area contributed by atoms with Crippen LogP contribution in [-0.2, 0) is 24.3 Å². The topological polar surface area (TPSA) is 37.3 Å². The van der Waals surface area contributed by atoms with Crippen molar-refractivity contribution in [1.82, 2.24) is 14.8 Å². The molecule has 1 atom stereocenters. The van der Waals surface area contributed by atoms with Gasteiger partial charge in [0.1, 0.15) is 0 Å². The number of rotatable bonds is 6. The Hall–Kier alpha value is -3.37. The van der Waals surface area contributed by atoms with Crippen molar-refractivity contribution >= 4 is 16.8 Å². The molecule has 1 aliphatic carbocycles. The minimum Gasteiger partial charge on any atom is -0.349 e. The Balaban J connectivity index is 1.12. The van der Waals surface area contributed by atoms with Crippen LogP contribution in [0.25, 0.3) is 10.9 Å². The number of aryl methyl sites for hydroxylation is 2. The van der Waals surface area contributed by atoms with E-state index in [1.807, 2.05) is 0 Å². The van der Waals surface area contributed by atoms with E-state index in [2.05, 4.69) is 101 Å². The van der Waals surface area contributed by atoms with Crippen LogP contribution in [-0.4, -0.2) is 28.5 Å². The average Bonchev–Trinajstić information content (AvgIpc) is 3.27. The summed E-state index contributed by atoms with van der Waals surface area (Å²) in [5, 5.41) is 4.71. The molecule has 2 heterocycles. The lowest BCUT2D eigenvalue weighted by Crippen LogP contribution is -2.42. The van der Waals surface area contributed by atoms with Gasteiger partial charge in [-0.3, -0.25) is 9.69 Å². The molecule has 0 spiro atoms. The van der Waals surface area contributed by atoms with E-state index in [-0.39, 0.29) is 17.9 Å². The second-order valence-electron chi connectivity index (χ2n) is 10.9. The second kappa shape index (κ2) is 10.5. The van der Waals surface area contributed by atoms with Gasteiger partial charge in [-0.25, -0.2) is 0 Å². The molecule has 0 saturated carbocycles. The highest BCUT2D eigenvalue weighted by atomic mass is 16.1. The highest BCUT2D eigenvalue weighted by molar-refractivity contribution is 5.81. The maximum absolute atomic E-state index is 13.2. The van der Waals surface area contributed by atoms with Crippen molar-refractivity contribution in [2.75, 3.05) is 13.1 Å². The van der Waals surface area contributed by atoms with Crippen LogP contribution in [0.15, 0.2) is 78.9 Å². The molecule has 4 heteroatoms. The highest BCUT2D eigenvalue weighted by Crippen LogP contribution is 2.31. The summed E-state index contributed by atoms with van der Waals surface area (Å²) in [6.45, 7) is 5.93. The van der Waals surface area contributed by atoms with Crippen LogP contribution in [0.2, 0.25) is 0 Å². The Labute approximate surface area is 220 Å². The Kier molecular flexibility index (Phi) is 6.84. The smallest absolute Gasteiger partial charge is 0.223 e. The van der Waals surface area contributed by atoms with Gasteiger partial charge in [0.2, 0.25) is 5.91 Å². The molecule has 37 heavy (non-hydrogen) atoms. The van der Waals surface area contributed by atoms with Crippen LogP contribution in [0.5, 0.6) is 0 Å². The normalized spacial score (nSPS) is 18.6. The lowest BCUT2D eigenvalue weighted by atomic mass is 9.87. The largest absolute Gasteiger partial charge is 0.349 e. The van der Waals surface area contributed by atoms with E-state index in [0.717, 1.165) is 58.3 Å². The van der Waals surface area contributed by atoms with Crippen LogP contribution >= 0.6 is 0 Å². The van der Waals surface area contributed by atoms with E-state index >= 15 is 0 Å². The number of aromatic nitrogens is 1. The zero-order valence-electron chi connectivity index (χ0n) is 21.8. The van der Waals surface area contributed by atoms with Gasteiger partial charge in [0.25, 0.3) is 0 Å². The summed E-state index contributed by atoms with van der Waals surface area (Å²) in [4.78, 5) is 15.7. The lowest BCUT2D eigenvalue weighted by molar-refractivity contribution is -0.127. The van der Waals surface area contributed by atoms with Crippen LogP contribution in [0.4, 0.5) is 0 Å². The summed E-state index contributed by atoms with van der Waals surface area (Å²) in [5.41, 5.74) is 8.06. The molecule has 1 saturated heterocycles. The quantitative estimate of drug-likeness (QED) is 0.339. The molecule has 4 aromatic rings. The molecule has 1 N–H and O–H groups in total. The van der Waals surface area contributed by atoms with Gasteiger partial charge in [-0.2, -0.15) is 0 Å². The first-order valence-electron chi connectivity index (χ1n) is 13.9. The van der Waals surface area contributed by atoms with Crippen LogP contribution < -0.4 is 5.32 Å². The number of piperidine rings is 1. The predicted octanol–water partition coefficient (Wildman–Crippen LogP) is 6.40. The fourth-order valence-electron chi connectivity index (χ4n) is 6.32. The molecule has 1 aliphatic heterocycles. The lowest BCUT2D eigenvalue weighted by Gasteiger charge is -2.33. The van der Waals surface area contributed by atoms with E-state index in [0.29, 0.717) is 0 Å². The van der Waals surface area contributed by atoms with Crippen molar-refractivity contribution in [3.63, 3.8) is 0 Å². The number of para-hydroxylation sites is 1. The third-order valence-electron chi connectivity index (χ3n) is 8.52. The number of fused-ring (bicyclic) bond motifs is 2. The number of hydrogen-bond donors (Lipinski definition) is 1. The number of benzene rings is 3. The van der Waals surface area contributed by atoms with Crippen LogP contribution in [0, 0.1) is 12.8 Å². The first kappa shape index (κ1) is 24.0. The zero-order chi connectivity index (χ0) is 25.2. The van der Waals surface area contributed by atoms with Crippen LogP contribution in [0.3, 0.4) is 0 Å². The Bertz CT molecular complexity index is 1400. The molecule has 3 aromatic carbocycles. The van der Waals surface area contributed by atoms with Crippen molar-refractivity contribution in [2.24, 2.45) is 5.92 Å². The molecule has 1 aromatic heterocycles. The summed E-state index contributed by atoms with van der Waals surface area (Å²) < 4.78 is 2.48. The van der Waals surface area contributed by atoms with E-state index in [1.54, 1.807) is 0 Å². The fourth-order valence-corrected chi connectivity index (χ4v) is 6.32. The standard InChI is InChI=1S/C33H37N3O/c1-24-9-2-3-12-28(24)22-36-29(21-27-11-5-7-16-32(27)36)23-35-19-17-26(18-20-35)33(37)34-31-15-8-13-25-10-4-6-14-30(25)31/h2-7,9-12,14,16,21,26,31H,8,13,15,17-20,22-23H2,1H3,(H,34,37). The van der Waals surface area contributed by atoms with Gasteiger partial charge in [0.05, 0.1) is 6.04 Å². The predicted molar refractivity (Wildman–Crippen MR) is 150 cm³/mol. The second-order valence-corrected chi connectivity index (χ2v) is 10.9. The van der Waals surface area contributed by atoms with Gasteiger partial charge in [0, 0.05) is 30.2 Å². The Morgan fingerprint density at radius 3 is 2.51 bits per heavy atom. The van der Waals surface area contributed by atoms with Gasteiger partial charge < -0.3 is 9.88 Å². The Morgan fingerprint density at radius 1 is 0.892 bits per heavy atom. The fraction of sp³-hybridized carbons (Fsp3) is 0.364. The molecular formula is C33H37N3O. The third-order valence-corrected chi connectivity index (χ3v) is 8.52. The average molecular weight is 492 g/mol. The number of likely N-dealkylation sites (tertiary alicyclic amines) is 1. The van der Waals surface area contributed by atoms with E-state index in [1.165, 1.54) is 38.9 Å². The van der Waals surface area contributed by atoms with Gasteiger partial charge in [0.15, 0.2) is 0 Å². The molecule has 1 fully saturated rings. The maximum atomic E-state index is 13.2. The van der Waals surface area contributed by atoms with Gasteiger partial charge in [-0.05, 0) is 91.9 Å². The third kappa shape index (κ3) is 5.08. The molecule has 190 valence electrons. The summed E-state index contributed by atoms with van der Waals surface area (Å²) in [6, 6.07) is 28.5. The summed E-state index contributed by atoms with van der Waals surface area (Å²) >= 11 is 0. The Morgan fingerprint density at radius 2 is 1.65 bits per heavy atom. The monoisotopic (exact) mass is 491 g/mol. The van der Waals surface area contributed by atoms with Crippen molar-refractivity contribution in [2.45, 2.75) is 58.2 Å². The summed E-state index contributed by atoms with van der Waals surface area (Å²) in [7, 11) is 0. The molecule has 1 unspecified atom stereocenters. The van der Waals surface area contributed by atoms with E-state index < -0.39 is 0 Å². The van der Waals surface area contributed by atoms with Gasteiger partial charge in [-0.1, -0.05) is 66.7 Å². The first-order chi connectivity index (χ1) is 18.2. The number of carbonyl (C=O) groups excluding carboxylic acids is 1. The van der Waals surface area contributed by atoms with Crippen molar-refractivity contribution in [3.8, 4) is 0 Å².